The van der Waals surface area contributed by atoms with Crippen LogP contribution in [0.2, 0.25) is 0 Å². The Labute approximate surface area is 167 Å². The number of aromatic nitrogens is 4. The molecule has 3 rings (SSSR count). The number of benzene rings is 1. The second-order valence-corrected chi connectivity index (χ2v) is 7.45. The molecule has 7 N–H and O–H groups in total. The molecule has 0 unspecified atom stereocenters. The summed E-state index contributed by atoms with van der Waals surface area (Å²) < 4.78 is 0. The molecule has 0 spiro atoms. The fraction of sp³-hybridized carbons (Fsp3) is 0.235. The highest BCUT2D eigenvalue weighted by atomic mass is 31.2. The van der Waals surface area contributed by atoms with E-state index in [-0.39, 0.29) is 30.4 Å². The Bertz CT molecular complexity index is 1020. The summed E-state index contributed by atoms with van der Waals surface area (Å²) in [5.41, 5.74) is 14.2. The van der Waals surface area contributed by atoms with Crippen molar-refractivity contribution >= 4 is 42.9 Å². The Balaban J connectivity index is 1.67. The van der Waals surface area contributed by atoms with Crippen molar-refractivity contribution in [3.63, 3.8) is 0 Å². The standard InChI is InChI=1S/C17H21N8O3P/c1-25(9-11-8-21-15-13(22-11)14(18)23-17(19)24-15)12-4-2-10(3-5-12)16(26)20-6-7-29(27)28/h2-5,8,27-28H,6-7,9H2,1H3,(H,20,26)(H4,18,19,21,23,24). The number of nitrogens with one attached hydrogen (secondary N) is 1. The van der Waals surface area contributed by atoms with Crippen LogP contribution in [-0.4, -0.2) is 55.4 Å². The van der Waals surface area contributed by atoms with E-state index in [0.717, 1.165) is 5.69 Å². The molecular formula is C17H21N8O3P. The second kappa shape index (κ2) is 8.91. The number of nitrogens with two attached hydrogens (primary N) is 2. The summed E-state index contributed by atoms with van der Waals surface area (Å²) in [5, 5.41) is 2.64. The summed E-state index contributed by atoms with van der Waals surface area (Å²) in [6, 6.07) is 7.02. The third-order valence-electron chi connectivity index (χ3n) is 4.07. The van der Waals surface area contributed by atoms with Gasteiger partial charge in [0.25, 0.3) is 5.91 Å². The van der Waals surface area contributed by atoms with Crippen molar-refractivity contribution in [1.82, 2.24) is 25.3 Å². The van der Waals surface area contributed by atoms with Gasteiger partial charge >= 0.3 is 0 Å². The van der Waals surface area contributed by atoms with E-state index < -0.39 is 8.38 Å². The van der Waals surface area contributed by atoms with Crippen LogP contribution >= 0.6 is 8.38 Å². The number of rotatable bonds is 7. The summed E-state index contributed by atoms with van der Waals surface area (Å²) >= 11 is 0. The number of carbonyl (C=O) groups excluding carboxylic acids is 1. The minimum atomic E-state index is -2.01. The van der Waals surface area contributed by atoms with Crippen LogP contribution in [0.4, 0.5) is 17.5 Å². The van der Waals surface area contributed by atoms with Gasteiger partial charge in [-0.25, -0.2) is 9.97 Å². The van der Waals surface area contributed by atoms with E-state index in [9.17, 15) is 4.79 Å². The van der Waals surface area contributed by atoms with Crippen LogP contribution < -0.4 is 21.7 Å². The number of nitrogen functional groups attached to an aromatic ring is 2. The average Bonchev–Trinajstić information content (AvgIpc) is 2.68. The van der Waals surface area contributed by atoms with Gasteiger partial charge in [-0.05, 0) is 24.3 Å². The summed E-state index contributed by atoms with van der Waals surface area (Å²) in [6.45, 7) is 0.660. The maximum atomic E-state index is 12.0. The lowest BCUT2D eigenvalue weighted by Gasteiger charge is -2.19. The maximum Gasteiger partial charge on any atom is 0.251 e. The molecule has 0 aliphatic rings. The van der Waals surface area contributed by atoms with Crippen LogP contribution in [0.1, 0.15) is 16.1 Å². The molecule has 0 atom stereocenters. The van der Waals surface area contributed by atoms with E-state index in [4.69, 9.17) is 21.3 Å². The highest BCUT2D eigenvalue weighted by Crippen LogP contribution is 2.21. The third-order valence-corrected chi connectivity index (χ3v) is 4.69. The van der Waals surface area contributed by atoms with E-state index in [1.165, 1.54) is 0 Å². The molecule has 0 saturated heterocycles. The molecule has 2 heterocycles. The van der Waals surface area contributed by atoms with Crippen LogP contribution in [0.5, 0.6) is 0 Å². The van der Waals surface area contributed by atoms with Crippen LogP contribution in [0.15, 0.2) is 30.5 Å². The van der Waals surface area contributed by atoms with Gasteiger partial charge in [0.15, 0.2) is 25.4 Å². The topological polar surface area (TPSA) is 176 Å². The smallest absolute Gasteiger partial charge is 0.251 e. The van der Waals surface area contributed by atoms with E-state index in [1.807, 2.05) is 24.1 Å². The molecule has 3 aromatic rings. The van der Waals surface area contributed by atoms with E-state index in [1.54, 1.807) is 18.3 Å². The zero-order valence-electron chi connectivity index (χ0n) is 15.6. The van der Waals surface area contributed by atoms with Gasteiger partial charge in [0.1, 0.15) is 0 Å². The molecule has 12 heteroatoms. The number of amides is 1. The molecule has 0 radical (unpaired) electrons. The molecular weight excluding hydrogens is 395 g/mol. The summed E-state index contributed by atoms with van der Waals surface area (Å²) in [5.74, 6) is -0.0483. The van der Waals surface area contributed by atoms with E-state index in [0.29, 0.717) is 29.0 Å². The molecule has 0 fully saturated rings. The lowest BCUT2D eigenvalue weighted by Crippen LogP contribution is -2.26. The summed E-state index contributed by atoms with van der Waals surface area (Å²) in [7, 11) is -0.124. The largest absolute Gasteiger partial charge is 0.382 e. The SMILES string of the molecule is CN(Cc1cnc2nc(N)nc(N)c2n1)c1ccc(C(=O)NCCP(O)O)cc1. The van der Waals surface area contributed by atoms with Crippen molar-refractivity contribution in [1.29, 1.82) is 0 Å². The van der Waals surface area contributed by atoms with Crippen molar-refractivity contribution in [2.24, 2.45) is 0 Å². The fourth-order valence-corrected chi connectivity index (χ4v) is 2.94. The Kier molecular flexibility index (Phi) is 6.32. The fourth-order valence-electron chi connectivity index (χ4n) is 2.63. The molecule has 29 heavy (non-hydrogen) atoms. The van der Waals surface area contributed by atoms with E-state index in [2.05, 4.69) is 25.3 Å². The number of carbonyl (C=O) groups is 1. The maximum absolute atomic E-state index is 12.0. The van der Waals surface area contributed by atoms with Crippen molar-refractivity contribution in [3.8, 4) is 0 Å². The molecule has 0 bridgehead atoms. The average molecular weight is 416 g/mol. The Hall–Kier alpha value is -3.14. The zero-order chi connectivity index (χ0) is 21.0. The van der Waals surface area contributed by atoms with Crippen LogP contribution in [0.25, 0.3) is 11.2 Å². The Morgan fingerprint density at radius 3 is 2.59 bits per heavy atom. The van der Waals surface area contributed by atoms with Gasteiger partial charge < -0.3 is 31.5 Å². The predicted octanol–water partition coefficient (Wildman–Crippen LogP) is 0.247. The first kappa shape index (κ1) is 20.6. The first-order valence-corrected chi connectivity index (χ1v) is 10.1. The molecule has 1 amide bonds. The monoisotopic (exact) mass is 416 g/mol. The van der Waals surface area contributed by atoms with Gasteiger partial charge in [-0.2, -0.15) is 9.97 Å². The summed E-state index contributed by atoms with van der Waals surface area (Å²) in [6.07, 6.45) is 1.74. The van der Waals surface area contributed by atoms with Crippen molar-refractivity contribution in [2.75, 3.05) is 36.1 Å². The Morgan fingerprint density at radius 1 is 1.17 bits per heavy atom. The van der Waals surface area contributed by atoms with Gasteiger partial charge in [0, 0.05) is 31.0 Å². The lowest BCUT2D eigenvalue weighted by molar-refractivity contribution is 0.0956. The minimum Gasteiger partial charge on any atom is -0.382 e. The van der Waals surface area contributed by atoms with Crippen LogP contribution in [0, 0.1) is 0 Å². The van der Waals surface area contributed by atoms with Gasteiger partial charge in [0.05, 0.1) is 18.4 Å². The van der Waals surface area contributed by atoms with Crippen molar-refractivity contribution < 1.29 is 14.6 Å². The number of anilines is 3. The summed E-state index contributed by atoms with van der Waals surface area (Å²) in [4.78, 5) is 48.3. The molecule has 0 aliphatic heterocycles. The van der Waals surface area contributed by atoms with Crippen molar-refractivity contribution in [3.05, 3.63) is 41.7 Å². The van der Waals surface area contributed by atoms with Crippen LogP contribution in [-0.2, 0) is 6.54 Å². The second-order valence-electron chi connectivity index (χ2n) is 6.26. The highest BCUT2D eigenvalue weighted by Gasteiger charge is 2.11. The van der Waals surface area contributed by atoms with Gasteiger partial charge in [-0.3, -0.25) is 4.79 Å². The normalized spacial score (nSPS) is 11.0. The first-order chi connectivity index (χ1) is 13.8. The van der Waals surface area contributed by atoms with Gasteiger partial charge in [0.2, 0.25) is 5.95 Å². The van der Waals surface area contributed by atoms with Crippen LogP contribution in [0.3, 0.4) is 0 Å². The number of hydrogen-bond acceptors (Lipinski definition) is 10. The third kappa shape index (κ3) is 5.23. The van der Waals surface area contributed by atoms with Gasteiger partial charge in [-0.1, -0.05) is 0 Å². The molecule has 0 aliphatic carbocycles. The minimum absolute atomic E-state index is 0.0480. The lowest BCUT2D eigenvalue weighted by atomic mass is 10.2. The highest BCUT2D eigenvalue weighted by molar-refractivity contribution is 7.45. The number of nitrogens with zero attached hydrogens (tertiary/aromatic N) is 5. The molecule has 1 aromatic carbocycles. The van der Waals surface area contributed by atoms with Gasteiger partial charge in [-0.15, -0.1) is 0 Å². The molecule has 11 nitrogen and oxygen atoms in total. The zero-order valence-corrected chi connectivity index (χ0v) is 16.5. The Morgan fingerprint density at radius 2 is 1.90 bits per heavy atom. The number of fused-ring (bicyclic) bond motifs is 1. The molecule has 152 valence electrons. The van der Waals surface area contributed by atoms with Crippen molar-refractivity contribution in [2.45, 2.75) is 6.54 Å². The number of hydrogen-bond donors (Lipinski definition) is 5. The van der Waals surface area contributed by atoms with E-state index >= 15 is 0 Å². The quantitative estimate of drug-likeness (QED) is 0.335. The molecule has 0 saturated carbocycles. The predicted molar refractivity (Wildman–Crippen MR) is 111 cm³/mol. The molecule has 2 aromatic heterocycles. The first-order valence-electron chi connectivity index (χ1n) is 8.63.